The number of hydrogen-bond acceptors (Lipinski definition) is 2. The van der Waals surface area contributed by atoms with Crippen molar-refractivity contribution in [2.45, 2.75) is 78.6 Å². The number of nitrogens with zero attached hydrogens (tertiary/aromatic N) is 5. The van der Waals surface area contributed by atoms with Gasteiger partial charge in [-0.3, -0.25) is 0 Å². The normalized spacial score (nSPS) is 15.1. The van der Waals surface area contributed by atoms with E-state index in [9.17, 15) is 21.9 Å². The van der Waals surface area contributed by atoms with Crippen LogP contribution in [-0.4, -0.2) is 20.4 Å². The summed E-state index contributed by atoms with van der Waals surface area (Å²) in [5, 5.41) is 1.35. The summed E-state index contributed by atoms with van der Waals surface area (Å²) in [6.45, 7) is 19.1. The standard InChI is InChI=1S/C102H82BN5/c1-100(2,3)71-54-69(55-72(59-71)101(4,5)6)68-50-52-84-91(56-68)107(94-58-70(65-32-14-10-15-33-65)57-93-97(94)81-44-26-31-49-90(81)104(93)74-38-20-13-21-39-74)95-63-76(106-88-47-29-24-42-79(88)80-43-25-30-48-89(80)106)64-96-98(95)103(84)85-53-51-75(105-86-45-27-22-40-77(86)78-41-23-28-46-87(78)105)62-92(85)108(96)99-82(66-34-16-11-17-35-66)60-73(102(7,8)9)61-83(99)67-36-18-12-19-37-67/h10-64H,1-9H3/i22D,23D,24D,25D,27D,28D,29D,30D,40D,41D,42D,43D,45D,46D,47D,48D. The zero-order chi connectivity index (χ0) is 87.0. The van der Waals surface area contributed by atoms with Gasteiger partial charge >= 0.3 is 0 Å². The van der Waals surface area contributed by atoms with Crippen LogP contribution in [0.3, 0.4) is 0 Å². The van der Waals surface area contributed by atoms with Crippen LogP contribution < -0.4 is 26.2 Å². The van der Waals surface area contributed by atoms with Crippen molar-refractivity contribution in [2.75, 3.05) is 9.80 Å². The lowest BCUT2D eigenvalue weighted by Gasteiger charge is -2.46. The minimum atomic E-state index is -0.807. The molecule has 0 amide bonds. The zero-order valence-corrected chi connectivity index (χ0v) is 61.3. The Labute approximate surface area is 655 Å². The predicted molar refractivity (Wildman–Crippen MR) is 461 cm³/mol. The van der Waals surface area contributed by atoms with Crippen LogP contribution in [0, 0.1) is 0 Å². The highest BCUT2D eigenvalue weighted by Crippen LogP contribution is 2.55. The van der Waals surface area contributed by atoms with E-state index in [0.717, 1.165) is 116 Å². The highest BCUT2D eigenvalue weighted by Gasteiger charge is 2.46. The van der Waals surface area contributed by atoms with Crippen molar-refractivity contribution in [1.29, 1.82) is 0 Å². The fourth-order valence-corrected chi connectivity index (χ4v) is 16.8. The Morgan fingerprint density at radius 2 is 0.676 bits per heavy atom. The van der Waals surface area contributed by atoms with Crippen LogP contribution >= 0.6 is 0 Å². The quantitative estimate of drug-likeness (QED) is 0.134. The number of benzene rings is 15. The van der Waals surface area contributed by atoms with E-state index in [-0.39, 0.29) is 65.8 Å². The molecule has 0 spiro atoms. The maximum Gasteiger partial charge on any atom is 0.252 e. The molecule has 3 aromatic heterocycles. The molecule has 2 aliphatic heterocycles. The van der Waals surface area contributed by atoms with Gasteiger partial charge in [-0.25, -0.2) is 0 Å². The largest absolute Gasteiger partial charge is 0.311 e. The summed E-state index contributed by atoms with van der Waals surface area (Å²) < 4.78 is 161. The molecule has 15 aromatic carbocycles. The Morgan fingerprint density at radius 1 is 0.269 bits per heavy atom. The molecule has 0 saturated heterocycles. The molecule has 5 nitrogen and oxygen atoms in total. The summed E-state index contributed by atoms with van der Waals surface area (Å²) in [4.78, 5) is 4.56. The second kappa shape index (κ2) is 24.5. The molecule has 0 atom stereocenters. The predicted octanol–water partition coefficient (Wildman–Crippen LogP) is 25.6. The minimum absolute atomic E-state index is 0.0840. The van der Waals surface area contributed by atoms with Crippen molar-refractivity contribution >= 4 is 123 Å². The zero-order valence-electron chi connectivity index (χ0n) is 77.3. The molecular weight excluding hydrogens is 1310 g/mol. The Balaban J connectivity index is 1.05. The van der Waals surface area contributed by atoms with Gasteiger partial charge in [0.2, 0.25) is 0 Å². The third-order valence-electron chi connectivity index (χ3n) is 22.1. The van der Waals surface area contributed by atoms with Crippen LogP contribution in [0.2, 0.25) is 0 Å². The lowest BCUT2D eigenvalue weighted by Crippen LogP contribution is -2.61. The van der Waals surface area contributed by atoms with Crippen LogP contribution in [0.5, 0.6) is 0 Å². The fourth-order valence-electron chi connectivity index (χ4n) is 16.8. The van der Waals surface area contributed by atoms with E-state index < -0.39 is 109 Å². The molecule has 20 rings (SSSR count). The average Bonchev–Trinajstić information content (AvgIpc) is 1.23. The first-order valence-electron chi connectivity index (χ1n) is 44.9. The molecular formula is C102H82BN5. The van der Waals surface area contributed by atoms with Gasteiger partial charge in [0.15, 0.2) is 0 Å². The van der Waals surface area contributed by atoms with Crippen molar-refractivity contribution < 1.29 is 21.9 Å². The molecule has 0 fully saturated rings. The summed E-state index contributed by atoms with van der Waals surface area (Å²) in [5.41, 5.74) is 17.7. The van der Waals surface area contributed by atoms with Gasteiger partial charge in [-0.2, -0.15) is 0 Å². The van der Waals surface area contributed by atoms with Gasteiger partial charge in [-0.1, -0.05) is 299 Å². The maximum absolute atomic E-state index is 10.3. The van der Waals surface area contributed by atoms with E-state index in [4.69, 9.17) is 0 Å². The molecule has 108 heavy (non-hydrogen) atoms. The molecule has 0 radical (unpaired) electrons. The highest BCUT2D eigenvalue weighted by molar-refractivity contribution is 7.00. The van der Waals surface area contributed by atoms with Crippen LogP contribution in [0.15, 0.2) is 333 Å². The van der Waals surface area contributed by atoms with Crippen LogP contribution in [0.25, 0.3) is 127 Å². The number of rotatable bonds is 9. The van der Waals surface area contributed by atoms with Gasteiger partial charge in [0.25, 0.3) is 6.71 Å². The van der Waals surface area contributed by atoms with E-state index in [1.165, 1.54) is 0 Å². The molecule has 0 saturated carbocycles. The van der Waals surface area contributed by atoms with Gasteiger partial charge in [0.1, 0.15) is 0 Å². The van der Waals surface area contributed by atoms with Gasteiger partial charge in [-0.15, -0.1) is 0 Å². The van der Waals surface area contributed by atoms with E-state index in [1.807, 2.05) is 103 Å². The second-order valence-electron chi connectivity index (χ2n) is 31.7. The molecule has 0 unspecified atom stereocenters. The topological polar surface area (TPSA) is 21.3 Å². The number of hydrogen-bond donors (Lipinski definition) is 0. The molecule has 0 bridgehead atoms. The highest BCUT2D eigenvalue weighted by atomic mass is 15.2. The fraction of sp³-hybridized carbons (Fsp3) is 0.118. The second-order valence-corrected chi connectivity index (χ2v) is 31.7. The van der Waals surface area contributed by atoms with Gasteiger partial charge < -0.3 is 23.5 Å². The van der Waals surface area contributed by atoms with Crippen molar-refractivity contribution in [3.63, 3.8) is 0 Å². The van der Waals surface area contributed by atoms with Crippen molar-refractivity contribution in [1.82, 2.24) is 13.7 Å². The van der Waals surface area contributed by atoms with Crippen molar-refractivity contribution in [3.8, 4) is 61.6 Å². The summed E-state index contributed by atoms with van der Waals surface area (Å²) in [6.07, 6.45) is 0. The summed E-state index contributed by atoms with van der Waals surface area (Å²) in [7, 11) is 0. The third kappa shape index (κ3) is 10.3. The van der Waals surface area contributed by atoms with Gasteiger partial charge in [0, 0.05) is 77.6 Å². The van der Waals surface area contributed by atoms with Crippen LogP contribution in [0.1, 0.15) is 101 Å². The Morgan fingerprint density at radius 3 is 1.20 bits per heavy atom. The van der Waals surface area contributed by atoms with E-state index in [1.54, 1.807) is 9.13 Å². The van der Waals surface area contributed by atoms with Crippen molar-refractivity contribution in [2.24, 2.45) is 0 Å². The smallest absolute Gasteiger partial charge is 0.252 e. The molecule has 0 aliphatic carbocycles. The Hall–Kier alpha value is -12.6. The molecule has 0 N–H and O–H groups in total. The molecule has 2 aliphatic rings. The molecule has 518 valence electrons. The van der Waals surface area contributed by atoms with Crippen molar-refractivity contribution in [3.05, 3.63) is 350 Å². The first-order valence-corrected chi connectivity index (χ1v) is 36.9. The number of anilines is 6. The Bertz CT molecular complexity index is 7450. The monoisotopic (exact) mass is 1400 g/mol. The summed E-state index contributed by atoms with van der Waals surface area (Å²) in [5.74, 6) is 0. The number of fused-ring (bicyclic) bond motifs is 13. The average molecular weight is 1400 g/mol. The SMILES string of the molecule is [2H]c1c([2H])c([2H])c2c(c1[2H])c1c([2H])c([2H])c([2H])c([2H])c1n2-c1ccc2c(c1)N(c1c(-c3ccccc3)cc(C(C)(C)C)cc1-c1ccccc1)c1cc(-n3c4c([2H])c([2H])c([2H])c([2H])c4c4c([2H])c([2H])c([2H])c([2H])c43)cc3c1B2c1ccc(-c2cc(C(C)(C)C)cc(C(C)(C)C)c2)cc1N3c1cc(-c2ccccc2)cc2c1c1ccccc1n2-c1ccccc1. The summed E-state index contributed by atoms with van der Waals surface area (Å²) in [6, 6.07) is 72.9. The van der Waals surface area contributed by atoms with Gasteiger partial charge in [0.05, 0.1) is 72.1 Å². The molecule has 5 heterocycles. The van der Waals surface area contributed by atoms with Gasteiger partial charge in [-0.05, 0) is 180 Å². The maximum atomic E-state index is 10.3. The van der Waals surface area contributed by atoms with Crippen LogP contribution in [-0.2, 0) is 16.2 Å². The van der Waals surface area contributed by atoms with E-state index in [2.05, 4.69) is 210 Å². The third-order valence-corrected chi connectivity index (χ3v) is 22.1. The first-order chi connectivity index (χ1) is 59.1. The number of aromatic nitrogens is 3. The molecule has 6 heteroatoms. The minimum Gasteiger partial charge on any atom is -0.311 e. The van der Waals surface area contributed by atoms with E-state index in [0.29, 0.717) is 22.7 Å². The summed E-state index contributed by atoms with van der Waals surface area (Å²) >= 11 is 0. The Kier molecular flexibility index (Phi) is 11.3. The van der Waals surface area contributed by atoms with Crippen LogP contribution in [0.4, 0.5) is 34.1 Å². The van der Waals surface area contributed by atoms with E-state index >= 15 is 0 Å². The lowest BCUT2D eigenvalue weighted by molar-refractivity contribution is 0.569. The lowest BCUT2D eigenvalue weighted by atomic mass is 9.33. The molecule has 18 aromatic rings. The number of para-hydroxylation sites is 6. The first kappa shape index (κ1) is 50.0.